The Morgan fingerprint density at radius 2 is 2.00 bits per heavy atom. The van der Waals surface area contributed by atoms with Crippen LogP contribution in [0, 0.1) is 5.82 Å². The molecule has 0 heterocycles. The number of hydrogen-bond donors (Lipinski definition) is 3. The Hall–Kier alpha value is -1.51. The van der Waals surface area contributed by atoms with Crippen LogP contribution in [0.25, 0.3) is 0 Å². The summed E-state index contributed by atoms with van der Waals surface area (Å²) in [5.74, 6) is -2.35. The zero-order chi connectivity index (χ0) is 14.5. The molecule has 1 aromatic rings. The van der Waals surface area contributed by atoms with Crippen molar-refractivity contribution in [1.82, 2.24) is 4.72 Å². The molecule has 3 N–H and O–H groups in total. The number of aliphatic hydroxyl groups is 1. The summed E-state index contributed by atoms with van der Waals surface area (Å²) in [5.41, 5.74) is -0.308. The molecule has 0 saturated carbocycles. The van der Waals surface area contributed by atoms with Gasteiger partial charge in [-0.15, -0.1) is 0 Å². The molecule has 6 nitrogen and oxygen atoms in total. The van der Waals surface area contributed by atoms with Gasteiger partial charge in [-0.25, -0.2) is 22.3 Å². The molecule has 8 heteroatoms. The highest BCUT2D eigenvalue weighted by molar-refractivity contribution is 7.89. The third-order valence-electron chi connectivity index (χ3n) is 2.34. The topological polar surface area (TPSA) is 104 Å². The molecule has 0 aliphatic heterocycles. The molecule has 0 bridgehead atoms. The zero-order valence-electron chi connectivity index (χ0n) is 9.97. The van der Waals surface area contributed by atoms with Gasteiger partial charge in [0.1, 0.15) is 10.7 Å². The minimum atomic E-state index is -4.10. The molecule has 0 saturated heterocycles. The van der Waals surface area contributed by atoms with Crippen molar-refractivity contribution in [3.63, 3.8) is 0 Å². The lowest BCUT2D eigenvalue weighted by Crippen LogP contribution is -2.26. The molecule has 1 aromatic carbocycles. The van der Waals surface area contributed by atoms with E-state index in [0.717, 1.165) is 18.2 Å². The van der Waals surface area contributed by atoms with Crippen molar-refractivity contribution in [1.29, 1.82) is 0 Å². The van der Waals surface area contributed by atoms with Crippen molar-refractivity contribution in [2.24, 2.45) is 0 Å². The second-order valence-corrected chi connectivity index (χ2v) is 5.51. The highest BCUT2D eigenvalue weighted by Gasteiger charge is 2.20. The molecule has 0 aromatic heterocycles. The van der Waals surface area contributed by atoms with Gasteiger partial charge in [-0.3, -0.25) is 0 Å². The molecule has 0 unspecified atom stereocenters. The van der Waals surface area contributed by atoms with Crippen molar-refractivity contribution >= 4 is 16.0 Å². The predicted octanol–water partition coefficient (Wildman–Crippen LogP) is 0.575. The van der Waals surface area contributed by atoms with Crippen LogP contribution in [0.2, 0.25) is 0 Å². The van der Waals surface area contributed by atoms with Crippen LogP contribution in [0.1, 0.15) is 23.2 Å². The maximum atomic E-state index is 13.5. The van der Waals surface area contributed by atoms with E-state index in [4.69, 9.17) is 10.2 Å². The summed E-state index contributed by atoms with van der Waals surface area (Å²) in [6, 6.07) is 2.56. The number of nitrogens with one attached hydrogen (secondary N) is 1. The predicted molar refractivity (Wildman–Crippen MR) is 64.9 cm³/mol. The van der Waals surface area contributed by atoms with E-state index in [2.05, 4.69) is 4.72 Å². The van der Waals surface area contributed by atoms with Crippen LogP contribution in [-0.4, -0.2) is 37.8 Å². The average molecular weight is 291 g/mol. The van der Waals surface area contributed by atoms with Crippen molar-refractivity contribution in [2.45, 2.75) is 17.7 Å². The summed E-state index contributed by atoms with van der Waals surface area (Å²) in [4.78, 5) is 10.0. The first-order valence-electron chi connectivity index (χ1n) is 5.52. The Bertz CT molecular complexity index is 558. The SMILES string of the molecule is O=C(O)c1ccc(F)c(S(=O)(=O)NCCCCO)c1. The molecular weight excluding hydrogens is 277 g/mol. The Kier molecular flexibility index (Phi) is 5.40. The lowest BCUT2D eigenvalue weighted by atomic mass is 10.2. The van der Waals surface area contributed by atoms with Crippen molar-refractivity contribution in [2.75, 3.05) is 13.2 Å². The highest BCUT2D eigenvalue weighted by Crippen LogP contribution is 2.16. The van der Waals surface area contributed by atoms with E-state index in [9.17, 15) is 17.6 Å². The molecule has 0 aliphatic rings. The van der Waals surface area contributed by atoms with Crippen molar-refractivity contribution < 1.29 is 27.8 Å². The summed E-state index contributed by atoms with van der Waals surface area (Å²) in [5, 5.41) is 17.3. The average Bonchev–Trinajstić information content (AvgIpc) is 2.34. The Morgan fingerprint density at radius 1 is 1.32 bits per heavy atom. The largest absolute Gasteiger partial charge is 0.478 e. The summed E-state index contributed by atoms with van der Waals surface area (Å²) >= 11 is 0. The molecule has 0 atom stereocenters. The summed E-state index contributed by atoms with van der Waals surface area (Å²) in [6.07, 6.45) is 0.816. The lowest BCUT2D eigenvalue weighted by Gasteiger charge is -2.08. The maximum Gasteiger partial charge on any atom is 0.335 e. The second kappa shape index (κ2) is 6.60. The molecule has 0 radical (unpaired) electrons. The fourth-order valence-corrected chi connectivity index (χ4v) is 2.54. The zero-order valence-corrected chi connectivity index (χ0v) is 10.8. The van der Waals surface area contributed by atoms with Gasteiger partial charge < -0.3 is 10.2 Å². The van der Waals surface area contributed by atoms with Crippen LogP contribution in [0.5, 0.6) is 0 Å². The van der Waals surface area contributed by atoms with E-state index in [-0.39, 0.29) is 18.7 Å². The number of halogens is 1. The normalized spacial score (nSPS) is 11.5. The van der Waals surface area contributed by atoms with Crippen LogP contribution >= 0.6 is 0 Å². The number of aliphatic hydroxyl groups excluding tert-OH is 1. The third-order valence-corrected chi connectivity index (χ3v) is 3.82. The van der Waals surface area contributed by atoms with Gasteiger partial charge in [0, 0.05) is 13.2 Å². The summed E-state index contributed by atoms with van der Waals surface area (Å²) in [6.45, 7) is -0.0236. The van der Waals surface area contributed by atoms with Crippen molar-refractivity contribution in [3.8, 4) is 0 Å². The van der Waals surface area contributed by atoms with Crippen LogP contribution in [-0.2, 0) is 10.0 Å². The van der Waals surface area contributed by atoms with Gasteiger partial charge >= 0.3 is 5.97 Å². The van der Waals surface area contributed by atoms with E-state index < -0.39 is 26.7 Å². The minimum Gasteiger partial charge on any atom is -0.478 e. The quantitative estimate of drug-likeness (QED) is 0.637. The van der Waals surface area contributed by atoms with Gasteiger partial charge in [-0.05, 0) is 31.0 Å². The number of sulfonamides is 1. The molecule has 0 amide bonds. The Morgan fingerprint density at radius 3 is 2.58 bits per heavy atom. The Balaban J connectivity index is 2.94. The van der Waals surface area contributed by atoms with E-state index in [1.54, 1.807) is 0 Å². The van der Waals surface area contributed by atoms with Crippen LogP contribution in [0.3, 0.4) is 0 Å². The van der Waals surface area contributed by atoms with Gasteiger partial charge in [-0.1, -0.05) is 0 Å². The first-order valence-corrected chi connectivity index (χ1v) is 7.00. The fraction of sp³-hybridized carbons (Fsp3) is 0.364. The van der Waals surface area contributed by atoms with Crippen LogP contribution in [0.15, 0.2) is 23.1 Å². The van der Waals surface area contributed by atoms with Gasteiger partial charge in [0.15, 0.2) is 0 Å². The molecule has 19 heavy (non-hydrogen) atoms. The Labute approximate surface area is 109 Å². The molecule has 106 valence electrons. The third kappa shape index (κ3) is 4.27. The fourth-order valence-electron chi connectivity index (χ4n) is 1.36. The number of rotatable bonds is 7. The molecule has 0 aliphatic carbocycles. The van der Waals surface area contributed by atoms with E-state index in [0.29, 0.717) is 12.8 Å². The summed E-state index contributed by atoms with van der Waals surface area (Å²) in [7, 11) is -4.10. The molecule has 0 spiro atoms. The minimum absolute atomic E-state index is 0.0413. The number of aromatic carboxylic acids is 1. The first-order chi connectivity index (χ1) is 8.88. The second-order valence-electron chi connectivity index (χ2n) is 3.78. The smallest absolute Gasteiger partial charge is 0.335 e. The number of carbonyl (C=O) groups is 1. The maximum absolute atomic E-state index is 13.5. The lowest BCUT2D eigenvalue weighted by molar-refractivity contribution is 0.0696. The number of hydrogen-bond acceptors (Lipinski definition) is 4. The molecule has 1 rings (SSSR count). The standard InChI is InChI=1S/C11H14FNO5S/c12-9-4-3-8(11(15)16)7-10(9)19(17,18)13-5-1-2-6-14/h3-4,7,13-14H,1-2,5-6H2,(H,15,16). The van der Waals surface area contributed by atoms with E-state index >= 15 is 0 Å². The number of unbranched alkanes of at least 4 members (excludes halogenated alkanes) is 1. The van der Waals surface area contributed by atoms with Gasteiger partial charge in [0.25, 0.3) is 0 Å². The van der Waals surface area contributed by atoms with Gasteiger partial charge in [0.05, 0.1) is 5.56 Å². The van der Waals surface area contributed by atoms with Gasteiger partial charge in [0.2, 0.25) is 10.0 Å². The highest BCUT2D eigenvalue weighted by atomic mass is 32.2. The van der Waals surface area contributed by atoms with E-state index in [1.807, 2.05) is 0 Å². The molecule has 0 fully saturated rings. The summed E-state index contributed by atoms with van der Waals surface area (Å²) < 4.78 is 39.2. The van der Waals surface area contributed by atoms with E-state index in [1.165, 1.54) is 0 Å². The monoisotopic (exact) mass is 291 g/mol. The number of carboxylic acid groups (broad SMARTS) is 1. The molecular formula is C11H14FNO5S. The van der Waals surface area contributed by atoms with Crippen LogP contribution in [0.4, 0.5) is 4.39 Å². The van der Waals surface area contributed by atoms with Gasteiger partial charge in [-0.2, -0.15) is 0 Å². The first kappa shape index (κ1) is 15.5. The van der Waals surface area contributed by atoms with Crippen molar-refractivity contribution in [3.05, 3.63) is 29.6 Å². The number of carboxylic acids is 1. The number of benzene rings is 1. The van der Waals surface area contributed by atoms with Crippen LogP contribution < -0.4 is 4.72 Å².